The molecular formula is C34H37NO4SSi. The van der Waals surface area contributed by atoms with E-state index in [2.05, 4.69) is 50.0 Å². The number of sulfonamides is 1. The topological polar surface area (TPSA) is 63.7 Å². The fraction of sp³-hybridized carbons (Fsp3) is 0.265. The number of rotatable bonds is 7. The minimum Gasteiger partial charge on any atom is -0.465 e. The van der Waals surface area contributed by atoms with Crippen molar-refractivity contribution in [2.45, 2.75) is 57.4 Å². The van der Waals surface area contributed by atoms with Crippen LogP contribution in [0.4, 0.5) is 0 Å². The van der Waals surface area contributed by atoms with Crippen LogP contribution in [-0.4, -0.2) is 39.4 Å². The SMILES string of the molecule is CCOC(=O)C1Cc2cc(-c3ccccc3)c(-c3ccccc3)c([Si](C)(C)C)c2CN1S(=O)(=O)c1ccc(C)cc1. The van der Waals surface area contributed by atoms with Crippen molar-refractivity contribution in [3.8, 4) is 22.3 Å². The number of hydrogen-bond acceptors (Lipinski definition) is 4. The van der Waals surface area contributed by atoms with Gasteiger partial charge in [-0.15, -0.1) is 0 Å². The summed E-state index contributed by atoms with van der Waals surface area (Å²) < 4.78 is 35.1. The summed E-state index contributed by atoms with van der Waals surface area (Å²) in [6.07, 6.45) is 0.256. The zero-order valence-corrected chi connectivity index (χ0v) is 26.2. The Kier molecular flexibility index (Phi) is 8.06. The third-order valence-electron chi connectivity index (χ3n) is 7.69. The summed E-state index contributed by atoms with van der Waals surface area (Å²) in [5.74, 6) is -0.517. The first-order valence-electron chi connectivity index (χ1n) is 14.1. The minimum absolute atomic E-state index is 0.115. The monoisotopic (exact) mass is 583 g/mol. The summed E-state index contributed by atoms with van der Waals surface area (Å²) in [7, 11) is -6.07. The first-order valence-corrected chi connectivity index (χ1v) is 19.0. The number of esters is 1. The second-order valence-corrected chi connectivity index (χ2v) is 18.5. The normalized spacial score (nSPS) is 15.8. The largest absolute Gasteiger partial charge is 0.465 e. The van der Waals surface area contributed by atoms with Crippen LogP contribution in [0.25, 0.3) is 22.3 Å². The Morgan fingerprint density at radius 2 is 1.49 bits per heavy atom. The highest BCUT2D eigenvalue weighted by Crippen LogP contribution is 2.39. The number of carbonyl (C=O) groups is 1. The Hall–Kier alpha value is -3.52. The average molecular weight is 584 g/mol. The van der Waals surface area contributed by atoms with Crippen molar-refractivity contribution in [3.05, 3.63) is 108 Å². The standard InChI is InChI=1S/C34H37NO4SSi/c1-6-39-34(36)31-22-27-21-29(25-13-9-7-10-14-25)32(26-15-11-8-12-16-26)33(41(3,4)5)30(27)23-35(31)40(37,38)28-19-17-24(2)18-20-28/h7-21,31H,6,22-23H2,1-5H3. The predicted octanol–water partition coefficient (Wildman–Crippen LogP) is 6.55. The molecular weight excluding hydrogens is 547 g/mol. The Balaban J connectivity index is 1.80. The Bertz CT molecular complexity index is 1660. The lowest BCUT2D eigenvalue weighted by molar-refractivity contribution is -0.148. The summed E-state index contributed by atoms with van der Waals surface area (Å²) >= 11 is 0. The van der Waals surface area contributed by atoms with Crippen molar-refractivity contribution in [2.24, 2.45) is 0 Å². The first kappa shape index (κ1) is 29.0. The summed E-state index contributed by atoms with van der Waals surface area (Å²) in [5, 5.41) is 1.23. The molecule has 0 aliphatic carbocycles. The van der Waals surface area contributed by atoms with E-state index in [1.807, 2.05) is 43.3 Å². The lowest BCUT2D eigenvalue weighted by Gasteiger charge is -2.39. The molecule has 0 bridgehead atoms. The summed E-state index contributed by atoms with van der Waals surface area (Å²) in [5.41, 5.74) is 7.44. The van der Waals surface area contributed by atoms with Crippen molar-refractivity contribution in [2.75, 3.05) is 6.61 Å². The van der Waals surface area contributed by atoms with Gasteiger partial charge in [0.1, 0.15) is 6.04 Å². The first-order chi connectivity index (χ1) is 19.5. The van der Waals surface area contributed by atoms with Crippen molar-refractivity contribution in [1.82, 2.24) is 4.31 Å². The fourth-order valence-electron chi connectivity index (χ4n) is 5.83. The highest BCUT2D eigenvalue weighted by molar-refractivity contribution is 7.89. The third-order valence-corrected chi connectivity index (χ3v) is 11.6. The van der Waals surface area contributed by atoms with E-state index < -0.39 is 30.1 Å². The van der Waals surface area contributed by atoms with E-state index in [1.54, 1.807) is 31.2 Å². The van der Waals surface area contributed by atoms with Gasteiger partial charge in [-0.05, 0) is 64.5 Å². The van der Waals surface area contributed by atoms with Crippen LogP contribution in [0.2, 0.25) is 19.6 Å². The van der Waals surface area contributed by atoms with Crippen LogP contribution in [0.3, 0.4) is 0 Å². The van der Waals surface area contributed by atoms with Gasteiger partial charge in [-0.3, -0.25) is 4.79 Å². The summed E-state index contributed by atoms with van der Waals surface area (Å²) in [6.45, 7) is 10.9. The summed E-state index contributed by atoms with van der Waals surface area (Å²) in [4.78, 5) is 13.5. The van der Waals surface area contributed by atoms with Crippen LogP contribution in [0.1, 0.15) is 23.6 Å². The molecule has 0 saturated carbocycles. The Labute approximate surface area is 244 Å². The lowest BCUT2D eigenvalue weighted by atomic mass is 9.86. The number of ether oxygens (including phenoxy) is 1. The number of fused-ring (bicyclic) bond motifs is 1. The van der Waals surface area contributed by atoms with Crippen LogP contribution < -0.4 is 5.19 Å². The molecule has 5 nitrogen and oxygen atoms in total. The van der Waals surface area contributed by atoms with Gasteiger partial charge in [-0.2, -0.15) is 4.31 Å². The lowest BCUT2D eigenvalue weighted by Crippen LogP contribution is -2.53. The molecule has 0 radical (unpaired) electrons. The molecule has 5 rings (SSSR count). The van der Waals surface area contributed by atoms with Gasteiger partial charge in [0, 0.05) is 13.0 Å². The summed E-state index contributed by atoms with van der Waals surface area (Å²) in [6, 6.07) is 28.7. The van der Waals surface area contributed by atoms with Crippen LogP contribution in [0.15, 0.2) is 95.9 Å². The third kappa shape index (κ3) is 5.67. The second kappa shape index (κ2) is 11.4. The van der Waals surface area contributed by atoms with E-state index in [9.17, 15) is 13.2 Å². The van der Waals surface area contributed by atoms with E-state index in [4.69, 9.17) is 4.74 Å². The van der Waals surface area contributed by atoms with Gasteiger partial charge in [0.2, 0.25) is 10.0 Å². The number of nitrogens with zero attached hydrogens (tertiary/aromatic N) is 1. The molecule has 1 aliphatic heterocycles. The molecule has 7 heteroatoms. The van der Waals surface area contributed by atoms with Crippen LogP contribution >= 0.6 is 0 Å². The molecule has 0 aromatic heterocycles. The van der Waals surface area contributed by atoms with Gasteiger partial charge < -0.3 is 4.74 Å². The molecule has 0 saturated heterocycles. The smallest absolute Gasteiger partial charge is 0.324 e. The second-order valence-electron chi connectivity index (χ2n) is 11.6. The molecule has 0 amide bonds. The van der Waals surface area contributed by atoms with E-state index in [0.717, 1.165) is 38.9 Å². The molecule has 1 heterocycles. The molecule has 1 atom stereocenters. The number of carbonyl (C=O) groups excluding carboxylic acids is 1. The maximum Gasteiger partial charge on any atom is 0.324 e. The molecule has 0 N–H and O–H groups in total. The molecule has 212 valence electrons. The molecule has 4 aromatic carbocycles. The van der Waals surface area contributed by atoms with Crippen LogP contribution in [0, 0.1) is 6.92 Å². The number of benzene rings is 4. The van der Waals surface area contributed by atoms with Crippen molar-refractivity contribution >= 4 is 29.3 Å². The van der Waals surface area contributed by atoms with E-state index in [-0.39, 0.29) is 24.5 Å². The van der Waals surface area contributed by atoms with Crippen LogP contribution in [-0.2, 0) is 32.5 Å². The number of hydrogen-bond donors (Lipinski definition) is 0. The predicted molar refractivity (Wildman–Crippen MR) is 168 cm³/mol. The Morgan fingerprint density at radius 1 is 0.902 bits per heavy atom. The Morgan fingerprint density at radius 3 is 2.05 bits per heavy atom. The molecule has 1 unspecified atom stereocenters. The van der Waals surface area contributed by atoms with Crippen molar-refractivity contribution in [1.29, 1.82) is 0 Å². The molecule has 1 aliphatic rings. The van der Waals surface area contributed by atoms with Gasteiger partial charge in [-0.1, -0.05) is 104 Å². The van der Waals surface area contributed by atoms with E-state index >= 15 is 0 Å². The quantitative estimate of drug-likeness (QED) is 0.183. The van der Waals surface area contributed by atoms with Gasteiger partial charge in [-0.25, -0.2) is 8.42 Å². The zero-order valence-electron chi connectivity index (χ0n) is 24.3. The molecule has 4 aromatic rings. The minimum atomic E-state index is -3.99. The van der Waals surface area contributed by atoms with Crippen molar-refractivity contribution < 1.29 is 17.9 Å². The van der Waals surface area contributed by atoms with Gasteiger partial charge in [0.25, 0.3) is 0 Å². The molecule has 0 spiro atoms. The van der Waals surface area contributed by atoms with Crippen LogP contribution in [0.5, 0.6) is 0 Å². The number of aryl methyl sites for hydroxylation is 1. The van der Waals surface area contributed by atoms with E-state index in [0.29, 0.717) is 0 Å². The van der Waals surface area contributed by atoms with Gasteiger partial charge in [0.05, 0.1) is 19.6 Å². The van der Waals surface area contributed by atoms with Gasteiger partial charge in [0.15, 0.2) is 0 Å². The van der Waals surface area contributed by atoms with Gasteiger partial charge >= 0.3 is 5.97 Å². The maximum absolute atomic E-state index is 14.2. The molecule has 41 heavy (non-hydrogen) atoms. The maximum atomic E-state index is 14.2. The average Bonchev–Trinajstić information content (AvgIpc) is 2.96. The molecule has 0 fully saturated rings. The van der Waals surface area contributed by atoms with Crippen molar-refractivity contribution in [3.63, 3.8) is 0 Å². The van der Waals surface area contributed by atoms with E-state index in [1.165, 1.54) is 9.49 Å². The highest BCUT2D eigenvalue weighted by atomic mass is 32.2. The fourth-order valence-corrected chi connectivity index (χ4v) is 9.55. The zero-order chi connectivity index (χ0) is 29.4. The highest BCUT2D eigenvalue weighted by Gasteiger charge is 2.43.